The molecule has 9 heteroatoms. The predicted molar refractivity (Wildman–Crippen MR) is 162 cm³/mol. The monoisotopic (exact) mass is 611 g/mol. The molecule has 5 aromatic rings. The highest BCUT2D eigenvalue weighted by Gasteiger charge is 2.20. The second-order valence-corrected chi connectivity index (χ2v) is 9.80. The molecule has 1 heterocycles. The highest BCUT2D eigenvalue weighted by Crippen LogP contribution is 2.34. The lowest BCUT2D eigenvalue weighted by Gasteiger charge is -2.09. The number of rotatable bonds is 9. The molecule has 0 atom stereocenters. The van der Waals surface area contributed by atoms with E-state index in [0.717, 1.165) is 26.5 Å². The van der Waals surface area contributed by atoms with Crippen LogP contribution in [0.3, 0.4) is 0 Å². The zero-order chi connectivity index (χ0) is 28.8. The van der Waals surface area contributed by atoms with Gasteiger partial charge in [-0.05, 0) is 73.2 Å². The van der Waals surface area contributed by atoms with E-state index in [-0.39, 0.29) is 5.75 Å². The van der Waals surface area contributed by atoms with Crippen molar-refractivity contribution in [3.8, 4) is 28.4 Å². The molecule has 0 saturated carbocycles. The summed E-state index contributed by atoms with van der Waals surface area (Å²) in [6.07, 6.45) is 1.43. The van der Waals surface area contributed by atoms with Crippen molar-refractivity contribution in [1.82, 2.24) is 10.4 Å². The number of hydrogen-bond acceptors (Lipinski definition) is 6. The first kappa shape index (κ1) is 27.7. The van der Waals surface area contributed by atoms with Gasteiger partial charge in [0, 0.05) is 26.5 Å². The first-order chi connectivity index (χ1) is 20.0. The van der Waals surface area contributed by atoms with E-state index < -0.39 is 11.9 Å². The van der Waals surface area contributed by atoms with E-state index in [0.29, 0.717) is 34.9 Å². The summed E-state index contributed by atoms with van der Waals surface area (Å²) in [6.45, 7) is 2.46. The van der Waals surface area contributed by atoms with Crippen molar-refractivity contribution in [2.75, 3.05) is 13.7 Å². The number of nitrogens with one attached hydrogen (secondary N) is 2. The Morgan fingerprint density at radius 1 is 0.951 bits per heavy atom. The van der Waals surface area contributed by atoms with Crippen molar-refractivity contribution in [2.45, 2.75) is 6.92 Å². The molecule has 5 rings (SSSR count). The Labute approximate surface area is 245 Å². The fourth-order valence-electron chi connectivity index (χ4n) is 4.32. The highest BCUT2D eigenvalue weighted by atomic mass is 79.9. The maximum atomic E-state index is 13.4. The zero-order valence-corrected chi connectivity index (χ0v) is 23.9. The molecule has 0 unspecified atom stereocenters. The van der Waals surface area contributed by atoms with Crippen molar-refractivity contribution >= 4 is 44.9 Å². The van der Waals surface area contributed by atoms with Crippen LogP contribution in [0.4, 0.5) is 0 Å². The lowest BCUT2D eigenvalue weighted by molar-refractivity contribution is 0.0734. The van der Waals surface area contributed by atoms with Gasteiger partial charge in [-0.2, -0.15) is 5.10 Å². The van der Waals surface area contributed by atoms with Crippen molar-refractivity contribution in [1.29, 1.82) is 0 Å². The smallest absolute Gasteiger partial charge is 0.343 e. The first-order valence-electron chi connectivity index (χ1n) is 12.8. The summed E-state index contributed by atoms with van der Waals surface area (Å²) in [5.41, 5.74) is 6.22. The number of hydrogen-bond donors (Lipinski definition) is 2. The van der Waals surface area contributed by atoms with Crippen LogP contribution in [-0.4, -0.2) is 36.8 Å². The molecular formula is C32H26BrN3O5. The number of carbonyl (C=O) groups is 2. The number of fused-ring (bicyclic) bond motifs is 1. The van der Waals surface area contributed by atoms with Gasteiger partial charge in [0.2, 0.25) is 0 Å². The van der Waals surface area contributed by atoms with Crippen LogP contribution in [-0.2, 0) is 0 Å². The van der Waals surface area contributed by atoms with E-state index in [4.69, 9.17) is 14.2 Å². The zero-order valence-electron chi connectivity index (χ0n) is 22.3. The van der Waals surface area contributed by atoms with Gasteiger partial charge >= 0.3 is 5.97 Å². The van der Waals surface area contributed by atoms with Crippen LogP contribution in [0.5, 0.6) is 17.2 Å². The van der Waals surface area contributed by atoms with Crippen molar-refractivity contribution < 1.29 is 23.8 Å². The Kier molecular flexibility index (Phi) is 8.45. The SMILES string of the molecule is CCOc1ccc2[nH]c(C(=O)NN=Cc3cc(Br)ccc3OC(=O)c3ccc(OC)cc3)c(-c3ccccc3)c2c1. The van der Waals surface area contributed by atoms with E-state index in [1.807, 2.05) is 55.5 Å². The van der Waals surface area contributed by atoms with Gasteiger partial charge in [-0.1, -0.05) is 46.3 Å². The molecule has 8 nitrogen and oxygen atoms in total. The third-order valence-electron chi connectivity index (χ3n) is 6.24. The van der Waals surface area contributed by atoms with Crippen LogP contribution >= 0.6 is 15.9 Å². The molecule has 0 aliphatic heterocycles. The van der Waals surface area contributed by atoms with Crippen LogP contribution in [0.1, 0.15) is 33.3 Å². The van der Waals surface area contributed by atoms with Crippen LogP contribution in [0.2, 0.25) is 0 Å². The molecule has 1 aromatic heterocycles. The van der Waals surface area contributed by atoms with Gasteiger partial charge in [-0.3, -0.25) is 4.79 Å². The summed E-state index contributed by atoms with van der Waals surface area (Å²) >= 11 is 3.43. The van der Waals surface area contributed by atoms with E-state index in [2.05, 4.69) is 31.4 Å². The number of H-pyrrole nitrogens is 1. The molecule has 0 bridgehead atoms. The maximum absolute atomic E-state index is 13.4. The molecule has 0 fully saturated rings. The average Bonchev–Trinajstić information content (AvgIpc) is 3.38. The standard InChI is InChI=1S/C32H26BrN3O5/c1-3-40-25-14-15-27-26(18-25)29(20-7-5-4-6-8-20)30(35-27)31(37)36-34-19-22-17-23(33)11-16-28(22)41-32(38)21-9-12-24(39-2)13-10-21/h4-19,35H,3H2,1-2H3,(H,36,37). The molecule has 0 spiro atoms. The van der Waals surface area contributed by atoms with Crippen LogP contribution in [0.15, 0.2) is 101 Å². The minimum absolute atomic E-state index is 0.283. The number of amides is 1. The molecule has 4 aromatic carbocycles. The molecule has 0 radical (unpaired) electrons. The quantitative estimate of drug-likeness (QED) is 0.0809. The molecule has 2 N–H and O–H groups in total. The Balaban J connectivity index is 1.40. The van der Waals surface area contributed by atoms with Gasteiger partial charge in [-0.25, -0.2) is 10.2 Å². The Hall–Kier alpha value is -4.89. The van der Waals surface area contributed by atoms with Crippen LogP contribution < -0.4 is 19.6 Å². The summed E-state index contributed by atoms with van der Waals surface area (Å²) in [7, 11) is 1.55. The lowest BCUT2D eigenvalue weighted by atomic mass is 10.0. The number of esters is 1. The number of ether oxygens (including phenoxy) is 3. The predicted octanol–water partition coefficient (Wildman–Crippen LogP) is 6.99. The Bertz CT molecular complexity index is 1730. The third-order valence-corrected chi connectivity index (χ3v) is 6.73. The fraction of sp³-hybridized carbons (Fsp3) is 0.0938. The number of aromatic nitrogens is 1. The fourth-order valence-corrected chi connectivity index (χ4v) is 4.70. The number of hydrazone groups is 1. The Morgan fingerprint density at radius 2 is 1.71 bits per heavy atom. The highest BCUT2D eigenvalue weighted by molar-refractivity contribution is 9.10. The van der Waals surface area contributed by atoms with Gasteiger partial charge in [0.1, 0.15) is 22.9 Å². The largest absolute Gasteiger partial charge is 0.497 e. The van der Waals surface area contributed by atoms with E-state index in [1.54, 1.807) is 49.6 Å². The van der Waals surface area contributed by atoms with E-state index in [1.165, 1.54) is 6.21 Å². The number of carbonyl (C=O) groups excluding carboxylic acids is 2. The third kappa shape index (κ3) is 6.31. The maximum Gasteiger partial charge on any atom is 0.343 e. The minimum atomic E-state index is -0.536. The normalized spacial score (nSPS) is 11.0. The number of halogens is 1. The van der Waals surface area contributed by atoms with Gasteiger partial charge in [0.25, 0.3) is 5.91 Å². The molecule has 0 aliphatic rings. The molecule has 0 saturated heterocycles. The molecule has 206 valence electrons. The molecular weight excluding hydrogens is 586 g/mol. The minimum Gasteiger partial charge on any atom is -0.497 e. The van der Waals surface area contributed by atoms with E-state index in [9.17, 15) is 9.59 Å². The first-order valence-corrected chi connectivity index (χ1v) is 13.6. The van der Waals surface area contributed by atoms with Gasteiger partial charge in [0.05, 0.1) is 25.5 Å². The summed E-state index contributed by atoms with van der Waals surface area (Å²) in [5.74, 6) is 0.666. The van der Waals surface area contributed by atoms with Crippen LogP contribution in [0.25, 0.3) is 22.0 Å². The van der Waals surface area contributed by atoms with Crippen molar-refractivity contribution in [3.63, 3.8) is 0 Å². The summed E-state index contributed by atoms with van der Waals surface area (Å²) in [5, 5.41) is 5.03. The van der Waals surface area contributed by atoms with E-state index >= 15 is 0 Å². The Morgan fingerprint density at radius 3 is 2.44 bits per heavy atom. The van der Waals surface area contributed by atoms with Gasteiger partial charge in [-0.15, -0.1) is 0 Å². The summed E-state index contributed by atoms with van der Waals surface area (Å²) in [6, 6.07) is 27.1. The second kappa shape index (κ2) is 12.5. The average molecular weight is 612 g/mol. The van der Waals surface area contributed by atoms with Crippen molar-refractivity contribution in [2.24, 2.45) is 5.10 Å². The summed E-state index contributed by atoms with van der Waals surface area (Å²) < 4.78 is 17.2. The number of benzene rings is 4. The van der Waals surface area contributed by atoms with Gasteiger partial charge < -0.3 is 19.2 Å². The number of nitrogens with zero attached hydrogens (tertiary/aromatic N) is 1. The topological polar surface area (TPSA) is 102 Å². The van der Waals surface area contributed by atoms with Crippen LogP contribution in [0, 0.1) is 0 Å². The molecule has 0 aliphatic carbocycles. The number of aromatic amines is 1. The summed E-state index contributed by atoms with van der Waals surface area (Å²) in [4.78, 5) is 29.3. The van der Waals surface area contributed by atoms with Crippen molar-refractivity contribution in [3.05, 3.63) is 112 Å². The number of methoxy groups -OCH3 is 1. The molecule has 41 heavy (non-hydrogen) atoms. The second-order valence-electron chi connectivity index (χ2n) is 8.88. The molecule has 1 amide bonds. The van der Waals surface area contributed by atoms with Gasteiger partial charge in [0.15, 0.2) is 0 Å². The lowest BCUT2D eigenvalue weighted by Crippen LogP contribution is -2.19.